The fourth-order valence-electron chi connectivity index (χ4n) is 4.36. The number of hydrogen-bond acceptors (Lipinski definition) is 5. The number of hydrogen-bond donors (Lipinski definition) is 0. The minimum atomic E-state index is -0.191. The van der Waals surface area contributed by atoms with Crippen molar-refractivity contribution in [3.63, 3.8) is 0 Å². The van der Waals surface area contributed by atoms with Gasteiger partial charge in [-0.2, -0.15) is 0 Å². The van der Waals surface area contributed by atoms with Gasteiger partial charge >= 0.3 is 0 Å². The average molecular weight is 443 g/mol. The summed E-state index contributed by atoms with van der Waals surface area (Å²) in [4.78, 5) is 30.4. The van der Waals surface area contributed by atoms with Crippen LogP contribution >= 0.6 is 0 Å². The maximum absolute atomic E-state index is 13.5. The molecule has 2 amide bonds. The first-order valence-corrected chi connectivity index (χ1v) is 12.1. The molecule has 0 spiro atoms. The molecule has 2 atom stereocenters. The number of carbonyl (C=O) groups is 2. The third-order valence-electron chi connectivity index (χ3n) is 5.84. The number of unbranched alkanes of at least 4 members (excludes halogenated alkanes) is 3. The van der Waals surface area contributed by atoms with Crippen LogP contribution < -0.4 is 4.74 Å². The molecule has 2 heterocycles. The summed E-state index contributed by atoms with van der Waals surface area (Å²) in [6.07, 6.45) is 4.09. The van der Waals surface area contributed by atoms with Crippen molar-refractivity contribution in [3.8, 4) is 5.75 Å². The Morgan fingerprint density at radius 2 is 1.66 bits per heavy atom. The molecule has 0 N–H and O–H groups in total. The minimum Gasteiger partial charge on any atom is -0.493 e. The fraction of sp³-hybridized carbons (Fsp3) is 0.615. The van der Waals surface area contributed by atoms with Gasteiger partial charge in [0.2, 0.25) is 0 Å². The number of imide groups is 1. The number of rotatable bonds is 10. The van der Waals surface area contributed by atoms with E-state index in [1.54, 1.807) is 0 Å². The number of benzene rings is 1. The molecule has 2 unspecified atom stereocenters. The van der Waals surface area contributed by atoms with E-state index in [1.165, 1.54) is 4.90 Å². The minimum absolute atomic E-state index is 0.000755. The molecule has 1 aromatic rings. The number of carbonyl (C=O) groups excluding carboxylic acids is 2. The largest absolute Gasteiger partial charge is 0.493 e. The van der Waals surface area contributed by atoms with Crippen LogP contribution in [0.3, 0.4) is 0 Å². The van der Waals surface area contributed by atoms with Crippen LogP contribution in [0.15, 0.2) is 30.0 Å². The van der Waals surface area contributed by atoms with Gasteiger partial charge in [0, 0.05) is 19.6 Å². The lowest BCUT2D eigenvalue weighted by molar-refractivity contribution is -0.138. The van der Waals surface area contributed by atoms with E-state index in [2.05, 4.69) is 20.8 Å². The summed E-state index contributed by atoms with van der Waals surface area (Å²) < 4.78 is 11.7. The summed E-state index contributed by atoms with van der Waals surface area (Å²) in [7, 11) is 0. The fourth-order valence-corrected chi connectivity index (χ4v) is 4.36. The Hall–Kier alpha value is -2.34. The van der Waals surface area contributed by atoms with Crippen molar-refractivity contribution in [1.29, 1.82) is 0 Å². The smallest absolute Gasteiger partial charge is 0.277 e. The van der Waals surface area contributed by atoms with E-state index >= 15 is 0 Å². The molecule has 3 rings (SSSR count). The maximum atomic E-state index is 13.5. The van der Waals surface area contributed by atoms with Gasteiger partial charge in [-0.25, -0.2) is 0 Å². The molecule has 0 aromatic heterocycles. The first kappa shape index (κ1) is 24.3. The first-order chi connectivity index (χ1) is 15.3. The van der Waals surface area contributed by atoms with E-state index in [9.17, 15) is 9.59 Å². The molecule has 1 aromatic carbocycles. The highest BCUT2D eigenvalue weighted by atomic mass is 16.5. The third kappa shape index (κ3) is 5.71. The maximum Gasteiger partial charge on any atom is 0.277 e. The quantitative estimate of drug-likeness (QED) is 0.395. The zero-order chi connectivity index (χ0) is 23.3. The van der Waals surface area contributed by atoms with Gasteiger partial charge in [0.05, 0.1) is 24.4 Å². The van der Waals surface area contributed by atoms with Crippen LogP contribution in [0.2, 0.25) is 0 Å². The van der Waals surface area contributed by atoms with Crippen LogP contribution in [0.4, 0.5) is 0 Å². The molecule has 2 aliphatic heterocycles. The highest BCUT2D eigenvalue weighted by molar-refractivity contribution is 6.35. The summed E-state index contributed by atoms with van der Waals surface area (Å²) in [6, 6.07) is 7.55. The summed E-state index contributed by atoms with van der Waals surface area (Å²) in [6.45, 7) is 12.7. The Kier molecular flexibility index (Phi) is 8.35. The third-order valence-corrected chi connectivity index (χ3v) is 5.84. The summed E-state index contributed by atoms with van der Waals surface area (Å²) in [5, 5.41) is 0. The molecule has 0 aliphatic carbocycles. The Labute approximate surface area is 192 Å². The van der Waals surface area contributed by atoms with Crippen LogP contribution in [0.25, 0.3) is 5.57 Å². The highest BCUT2D eigenvalue weighted by Crippen LogP contribution is 2.34. The molecule has 0 bridgehead atoms. The lowest BCUT2D eigenvalue weighted by Gasteiger charge is -2.37. The van der Waals surface area contributed by atoms with Crippen LogP contribution in [-0.4, -0.2) is 60.1 Å². The lowest BCUT2D eigenvalue weighted by atomic mass is 10.0. The standard InChI is InChI=1S/C26H38N2O4/c1-6-7-8-9-14-28-25(29)23(21-10-12-22(13-11-21)31-17-18(2)3)24(26(28)30)27-15-19(4)32-20(5)16-27/h10-13,18-20H,6-9,14-17H2,1-5H3. The zero-order valence-electron chi connectivity index (χ0n) is 20.2. The van der Waals surface area contributed by atoms with Gasteiger partial charge in [-0.05, 0) is 43.9 Å². The Bertz CT molecular complexity index is 821. The second kappa shape index (κ2) is 11.0. The van der Waals surface area contributed by atoms with E-state index in [1.807, 2.05) is 43.0 Å². The SMILES string of the molecule is CCCCCCN1C(=O)C(c2ccc(OCC(C)C)cc2)=C(N2CC(C)OC(C)C2)C1=O. The zero-order valence-corrected chi connectivity index (χ0v) is 20.2. The van der Waals surface area contributed by atoms with Gasteiger partial charge in [0.15, 0.2) is 0 Å². The number of morpholine rings is 1. The van der Waals surface area contributed by atoms with E-state index < -0.39 is 0 Å². The molecule has 32 heavy (non-hydrogen) atoms. The molecular weight excluding hydrogens is 404 g/mol. The average Bonchev–Trinajstić information content (AvgIpc) is 2.99. The normalized spacial score (nSPS) is 21.8. The molecule has 6 nitrogen and oxygen atoms in total. The Morgan fingerprint density at radius 3 is 2.25 bits per heavy atom. The molecule has 1 fully saturated rings. The molecule has 6 heteroatoms. The Morgan fingerprint density at radius 1 is 1.00 bits per heavy atom. The molecular formula is C26H38N2O4. The first-order valence-electron chi connectivity index (χ1n) is 12.1. The topological polar surface area (TPSA) is 59.1 Å². The van der Waals surface area contributed by atoms with Crippen molar-refractivity contribution in [2.75, 3.05) is 26.2 Å². The van der Waals surface area contributed by atoms with Gasteiger partial charge in [0.1, 0.15) is 11.4 Å². The van der Waals surface area contributed by atoms with Crippen LogP contribution in [0.1, 0.15) is 65.9 Å². The highest BCUT2D eigenvalue weighted by Gasteiger charge is 2.42. The lowest BCUT2D eigenvalue weighted by Crippen LogP contribution is -2.47. The van der Waals surface area contributed by atoms with E-state index in [0.29, 0.717) is 43.4 Å². The van der Waals surface area contributed by atoms with Crippen molar-refractivity contribution < 1.29 is 19.1 Å². The van der Waals surface area contributed by atoms with E-state index in [4.69, 9.17) is 9.47 Å². The molecule has 0 saturated carbocycles. The molecule has 2 aliphatic rings. The van der Waals surface area contributed by atoms with Gasteiger partial charge in [0.25, 0.3) is 11.8 Å². The summed E-state index contributed by atoms with van der Waals surface area (Å²) >= 11 is 0. The monoisotopic (exact) mass is 442 g/mol. The predicted octanol–water partition coefficient (Wildman–Crippen LogP) is 4.49. The van der Waals surface area contributed by atoms with Crippen molar-refractivity contribution >= 4 is 17.4 Å². The molecule has 176 valence electrons. The Balaban J connectivity index is 1.90. The molecule has 0 radical (unpaired) electrons. The van der Waals surface area contributed by atoms with Crippen molar-refractivity contribution in [3.05, 3.63) is 35.5 Å². The van der Waals surface area contributed by atoms with Gasteiger partial charge in [-0.1, -0.05) is 52.2 Å². The van der Waals surface area contributed by atoms with Crippen molar-refractivity contribution in [2.45, 2.75) is 72.5 Å². The number of ether oxygens (including phenoxy) is 2. The van der Waals surface area contributed by atoms with Crippen LogP contribution in [0, 0.1) is 5.92 Å². The second-order valence-corrected chi connectivity index (χ2v) is 9.44. The second-order valence-electron chi connectivity index (χ2n) is 9.44. The number of nitrogens with zero attached hydrogens (tertiary/aromatic N) is 2. The van der Waals surface area contributed by atoms with Crippen molar-refractivity contribution in [1.82, 2.24) is 9.80 Å². The van der Waals surface area contributed by atoms with Crippen LogP contribution in [-0.2, 0) is 14.3 Å². The summed E-state index contributed by atoms with van der Waals surface area (Å²) in [5.41, 5.74) is 1.78. The van der Waals surface area contributed by atoms with Gasteiger partial charge in [-0.3, -0.25) is 14.5 Å². The van der Waals surface area contributed by atoms with E-state index in [-0.39, 0.29) is 24.0 Å². The van der Waals surface area contributed by atoms with E-state index in [0.717, 1.165) is 37.0 Å². The van der Waals surface area contributed by atoms with Gasteiger partial charge in [-0.15, -0.1) is 0 Å². The predicted molar refractivity (Wildman–Crippen MR) is 126 cm³/mol. The molecule has 1 saturated heterocycles. The summed E-state index contributed by atoms with van der Waals surface area (Å²) in [5.74, 6) is 0.836. The number of amides is 2. The van der Waals surface area contributed by atoms with Crippen LogP contribution in [0.5, 0.6) is 5.75 Å². The van der Waals surface area contributed by atoms with Gasteiger partial charge < -0.3 is 14.4 Å². The van der Waals surface area contributed by atoms with Crippen molar-refractivity contribution in [2.24, 2.45) is 5.92 Å².